The second-order valence-electron chi connectivity index (χ2n) is 4.00. The van der Waals surface area contributed by atoms with E-state index in [1.165, 1.54) is 18.4 Å². The van der Waals surface area contributed by atoms with Crippen molar-refractivity contribution in [2.45, 2.75) is 26.7 Å². The largest absolute Gasteiger partial charge is 0.381 e. The van der Waals surface area contributed by atoms with Gasteiger partial charge in [-0.2, -0.15) is 0 Å². The Balaban J connectivity index is 1.91. The Labute approximate surface area is 81.4 Å². The molecule has 0 aromatic heterocycles. The number of nitrogens with one attached hydrogen (secondary N) is 1. The molecule has 0 saturated carbocycles. The minimum atomic E-state index is 0.805. The smallest absolute Gasteiger partial charge is 0.0495 e. The van der Waals surface area contributed by atoms with Crippen LogP contribution in [0.25, 0.3) is 0 Å². The van der Waals surface area contributed by atoms with E-state index in [1.807, 2.05) is 0 Å². The number of hydrogen-bond donors (Lipinski definition) is 1. The molecule has 0 radical (unpaired) electrons. The quantitative estimate of drug-likeness (QED) is 0.520. The molecule has 1 N–H and O–H groups in total. The van der Waals surface area contributed by atoms with Gasteiger partial charge in [0.2, 0.25) is 0 Å². The fourth-order valence-corrected chi connectivity index (χ4v) is 1.50. The van der Waals surface area contributed by atoms with Gasteiger partial charge >= 0.3 is 0 Å². The Morgan fingerprint density at radius 1 is 1.54 bits per heavy atom. The minimum Gasteiger partial charge on any atom is -0.381 e. The molecule has 0 spiro atoms. The Bertz CT molecular complexity index is 155. The van der Waals surface area contributed by atoms with Crippen LogP contribution in [-0.2, 0) is 4.74 Å². The van der Waals surface area contributed by atoms with Crippen molar-refractivity contribution in [3.05, 3.63) is 11.6 Å². The van der Waals surface area contributed by atoms with Crippen molar-refractivity contribution in [1.29, 1.82) is 0 Å². The molecule has 0 aromatic rings. The second-order valence-corrected chi connectivity index (χ2v) is 4.00. The van der Waals surface area contributed by atoms with Crippen LogP contribution in [0.15, 0.2) is 11.6 Å². The number of ether oxygens (including phenoxy) is 1. The Hall–Kier alpha value is -0.340. The highest BCUT2D eigenvalue weighted by Crippen LogP contribution is 2.14. The maximum atomic E-state index is 5.31. The molecule has 2 nitrogen and oxygen atoms in total. The van der Waals surface area contributed by atoms with Gasteiger partial charge in [-0.15, -0.1) is 0 Å². The van der Waals surface area contributed by atoms with E-state index in [4.69, 9.17) is 4.74 Å². The van der Waals surface area contributed by atoms with Crippen molar-refractivity contribution in [2.75, 3.05) is 26.3 Å². The van der Waals surface area contributed by atoms with E-state index >= 15 is 0 Å². The number of rotatable bonds is 5. The zero-order chi connectivity index (χ0) is 9.52. The molecule has 1 atom stereocenters. The van der Waals surface area contributed by atoms with Crippen LogP contribution < -0.4 is 5.32 Å². The van der Waals surface area contributed by atoms with Crippen LogP contribution in [-0.4, -0.2) is 26.3 Å². The lowest BCUT2D eigenvalue weighted by Crippen LogP contribution is -2.18. The average Bonchev–Trinajstić information content (AvgIpc) is 2.55. The van der Waals surface area contributed by atoms with E-state index in [0.29, 0.717) is 0 Å². The van der Waals surface area contributed by atoms with Gasteiger partial charge in [-0.1, -0.05) is 11.6 Å². The van der Waals surface area contributed by atoms with Gasteiger partial charge in [0.25, 0.3) is 0 Å². The van der Waals surface area contributed by atoms with Crippen molar-refractivity contribution < 1.29 is 4.74 Å². The summed E-state index contributed by atoms with van der Waals surface area (Å²) in [6.07, 6.45) is 4.74. The molecule has 0 bridgehead atoms. The highest BCUT2D eigenvalue weighted by molar-refractivity contribution is 4.94. The molecule has 1 aliphatic heterocycles. The highest BCUT2D eigenvalue weighted by Gasteiger charge is 2.14. The molecule has 1 fully saturated rings. The molecule has 76 valence electrons. The molecule has 0 amide bonds. The van der Waals surface area contributed by atoms with Gasteiger partial charge in [0, 0.05) is 19.8 Å². The van der Waals surface area contributed by atoms with Crippen molar-refractivity contribution in [2.24, 2.45) is 5.92 Å². The van der Waals surface area contributed by atoms with Crippen molar-refractivity contribution in [3.8, 4) is 0 Å². The lowest BCUT2D eigenvalue weighted by molar-refractivity contribution is 0.184. The molecule has 1 aliphatic rings. The molecular weight excluding hydrogens is 162 g/mol. The predicted molar refractivity (Wildman–Crippen MR) is 55.8 cm³/mol. The molecule has 1 unspecified atom stereocenters. The lowest BCUT2D eigenvalue weighted by Gasteiger charge is -2.06. The number of allylic oxidation sites excluding steroid dienone is 1. The molecule has 2 heteroatoms. The average molecular weight is 183 g/mol. The normalized spacial score (nSPS) is 21.8. The van der Waals surface area contributed by atoms with Crippen LogP contribution in [0.1, 0.15) is 26.7 Å². The molecule has 13 heavy (non-hydrogen) atoms. The summed E-state index contributed by atoms with van der Waals surface area (Å²) in [4.78, 5) is 0. The van der Waals surface area contributed by atoms with Crippen LogP contribution in [0.3, 0.4) is 0 Å². The van der Waals surface area contributed by atoms with E-state index in [0.717, 1.165) is 32.2 Å². The molecular formula is C11H21NO. The Kier molecular flexibility index (Phi) is 5.09. The van der Waals surface area contributed by atoms with Gasteiger partial charge in [0.15, 0.2) is 0 Å². The summed E-state index contributed by atoms with van der Waals surface area (Å²) in [6, 6.07) is 0. The maximum absolute atomic E-state index is 5.31. The summed E-state index contributed by atoms with van der Waals surface area (Å²) in [6.45, 7) is 8.34. The van der Waals surface area contributed by atoms with Gasteiger partial charge in [0.1, 0.15) is 0 Å². The zero-order valence-electron chi connectivity index (χ0n) is 8.81. The van der Waals surface area contributed by atoms with E-state index in [2.05, 4.69) is 25.2 Å². The standard InChI is InChI=1S/C11H21NO/c1-10(2)3-6-12-7-4-11-5-8-13-9-11/h3,11-12H,4-9H2,1-2H3. The van der Waals surface area contributed by atoms with Crippen molar-refractivity contribution in [3.63, 3.8) is 0 Å². The first-order valence-corrected chi connectivity index (χ1v) is 5.21. The Morgan fingerprint density at radius 3 is 3.00 bits per heavy atom. The molecule has 0 aliphatic carbocycles. The SMILES string of the molecule is CC(C)=CCNCCC1CCOC1. The van der Waals surface area contributed by atoms with Gasteiger partial charge in [-0.3, -0.25) is 0 Å². The summed E-state index contributed by atoms with van der Waals surface area (Å²) in [5.41, 5.74) is 1.39. The van der Waals surface area contributed by atoms with E-state index < -0.39 is 0 Å². The van der Waals surface area contributed by atoms with Crippen LogP contribution in [0.4, 0.5) is 0 Å². The lowest BCUT2D eigenvalue weighted by atomic mass is 10.1. The minimum absolute atomic E-state index is 0.805. The summed E-state index contributed by atoms with van der Waals surface area (Å²) in [5.74, 6) is 0.805. The highest BCUT2D eigenvalue weighted by atomic mass is 16.5. The second kappa shape index (κ2) is 6.17. The topological polar surface area (TPSA) is 21.3 Å². The van der Waals surface area contributed by atoms with Crippen molar-refractivity contribution >= 4 is 0 Å². The first-order chi connectivity index (χ1) is 6.29. The van der Waals surface area contributed by atoms with Crippen LogP contribution in [0.5, 0.6) is 0 Å². The van der Waals surface area contributed by atoms with E-state index in [1.54, 1.807) is 0 Å². The summed E-state index contributed by atoms with van der Waals surface area (Å²) < 4.78 is 5.31. The number of hydrogen-bond acceptors (Lipinski definition) is 2. The third-order valence-electron chi connectivity index (χ3n) is 2.41. The molecule has 0 aromatic carbocycles. The van der Waals surface area contributed by atoms with E-state index in [-0.39, 0.29) is 0 Å². The fraction of sp³-hybridized carbons (Fsp3) is 0.818. The summed E-state index contributed by atoms with van der Waals surface area (Å²) >= 11 is 0. The monoisotopic (exact) mass is 183 g/mol. The van der Waals surface area contributed by atoms with Gasteiger partial charge in [0.05, 0.1) is 0 Å². The third kappa shape index (κ3) is 5.06. The van der Waals surface area contributed by atoms with Gasteiger partial charge < -0.3 is 10.1 Å². The van der Waals surface area contributed by atoms with Crippen LogP contribution >= 0.6 is 0 Å². The first kappa shape index (κ1) is 10.7. The zero-order valence-corrected chi connectivity index (χ0v) is 8.81. The molecule has 1 saturated heterocycles. The van der Waals surface area contributed by atoms with Crippen LogP contribution in [0.2, 0.25) is 0 Å². The maximum Gasteiger partial charge on any atom is 0.0495 e. The first-order valence-electron chi connectivity index (χ1n) is 5.21. The van der Waals surface area contributed by atoms with Gasteiger partial charge in [-0.25, -0.2) is 0 Å². The Morgan fingerprint density at radius 2 is 2.38 bits per heavy atom. The summed E-state index contributed by atoms with van der Waals surface area (Å²) in [7, 11) is 0. The fourth-order valence-electron chi connectivity index (χ4n) is 1.50. The van der Waals surface area contributed by atoms with Gasteiger partial charge in [-0.05, 0) is 39.2 Å². The van der Waals surface area contributed by atoms with Crippen LogP contribution in [0, 0.1) is 5.92 Å². The third-order valence-corrected chi connectivity index (χ3v) is 2.41. The summed E-state index contributed by atoms with van der Waals surface area (Å²) in [5, 5.41) is 3.41. The molecule has 1 rings (SSSR count). The van der Waals surface area contributed by atoms with Crippen molar-refractivity contribution in [1.82, 2.24) is 5.32 Å². The molecule has 1 heterocycles. The predicted octanol–water partition coefficient (Wildman–Crippen LogP) is 1.97. The van der Waals surface area contributed by atoms with E-state index in [9.17, 15) is 0 Å².